The molecule has 0 unspecified atom stereocenters. The number of carbonyl (C=O) groups is 1. The summed E-state index contributed by atoms with van der Waals surface area (Å²) >= 11 is 0. The Morgan fingerprint density at radius 1 is 1.26 bits per heavy atom. The smallest absolute Gasteiger partial charge is 0.220 e. The predicted octanol–water partition coefficient (Wildman–Crippen LogP) is 1.02. The zero-order chi connectivity index (χ0) is 14.1. The first kappa shape index (κ1) is 15.5. The lowest BCUT2D eigenvalue weighted by molar-refractivity contribution is -0.121. The van der Waals surface area contributed by atoms with Crippen LogP contribution in [0.1, 0.15) is 12.0 Å². The summed E-state index contributed by atoms with van der Waals surface area (Å²) in [5.41, 5.74) is 0.575. The Balaban J connectivity index is 2.20. The third-order valence-corrected chi connectivity index (χ3v) is 2.43. The molecule has 6 heteroatoms. The van der Waals surface area contributed by atoms with Crippen LogP contribution in [0.2, 0.25) is 0 Å². The molecule has 0 aromatic heterocycles. The van der Waals surface area contributed by atoms with Crippen LogP contribution in [0.5, 0.6) is 0 Å². The maximum atomic E-state index is 12.9. The third kappa shape index (κ3) is 6.26. The lowest BCUT2D eigenvalue weighted by Crippen LogP contribution is -2.27. The van der Waals surface area contributed by atoms with Gasteiger partial charge in [-0.3, -0.25) is 4.79 Å². The second kappa shape index (κ2) is 8.55. The molecule has 0 aliphatic heterocycles. The van der Waals surface area contributed by atoms with Crippen molar-refractivity contribution in [2.24, 2.45) is 0 Å². The van der Waals surface area contributed by atoms with E-state index in [4.69, 9.17) is 9.84 Å². The number of hydrogen-bond donors (Lipinski definition) is 2. The van der Waals surface area contributed by atoms with Crippen LogP contribution in [0.3, 0.4) is 0 Å². The highest BCUT2D eigenvalue weighted by molar-refractivity contribution is 5.76. The minimum Gasteiger partial charge on any atom is -0.394 e. The number of hydrogen-bond acceptors (Lipinski definition) is 3. The zero-order valence-corrected chi connectivity index (χ0v) is 10.5. The van der Waals surface area contributed by atoms with E-state index >= 15 is 0 Å². The molecule has 0 aliphatic rings. The van der Waals surface area contributed by atoms with Crippen LogP contribution in [0.4, 0.5) is 8.78 Å². The Bertz CT molecular complexity index is 413. The highest BCUT2D eigenvalue weighted by Crippen LogP contribution is 2.10. The number of aryl methyl sites for hydroxylation is 1. The molecule has 0 heterocycles. The molecule has 0 aliphatic carbocycles. The lowest BCUT2D eigenvalue weighted by atomic mass is 10.1. The molecule has 4 nitrogen and oxygen atoms in total. The summed E-state index contributed by atoms with van der Waals surface area (Å²) in [6, 6.07) is 3.59. The Kier molecular flexibility index (Phi) is 6.99. The average molecular weight is 273 g/mol. The lowest BCUT2D eigenvalue weighted by Gasteiger charge is -2.06. The summed E-state index contributed by atoms with van der Waals surface area (Å²) in [5, 5.41) is 11.1. The van der Waals surface area contributed by atoms with Gasteiger partial charge in [0, 0.05) is 13.0 Å². The van der Waals surface area contributed by atoms with Crippen molar-refractivity contribution in [2.75, 3.05) is 26.4 Å². The standard InChI is InChI=1S/C13H17F2NO3/c14-11-3-1-10(9-12(11)15)2-4-13(18)16-5-7-19-8-6-17/h1,3,9,17H,2,4-8H2,(H,16,18). The summed E-state index contributed by atoms with van der Waals surface area (Å²) in [4.78, 5) is 11.4. The van der Waals surface area contributed by atoms with Gasteiger partial charge in [0.2, 0.25) is 5.91 Å². The van der Waals surface area contributed by atoms with Crippen molar-refractivity contribution < 1.29 is 23.4 Å². The van der Waals surface area contributed by atoms with Gasteiger partial charge in [-0.25, -0.2) is 8.78 Å². The molecule has 1 amide bonds. The van der Waals surface area contributed by atoms with Crippen molar-refractivity contribution in [2.45, 2.75) is 12.8 Å². The maximum absolute atomic E-state index is 12.9. The van der Waals surface area contributed by atoms with Crippen molar-refractivity contribution in [3.05, 3.63) is 35.4 Å². The number of halogens is 2. The molecule has 0 bridgehead atoms. The van der Waals surface area contributed by atoms with E-state index in [1.54, 1.807) is 0 Å². The number of aliphatic hydroxyl groups excluding tert-OH is 1. The first-order valence-electron chi connectivity index (χ1n) is 6.02. The number of ether oxygens (including phenoxy) is 1. The van der Waals surface area contributed by atoms with E-state index in [9.17, 15) is 13.6 Å². The quantitative estimate of drug-likeness (QED) is 0.695. The van der Waals surface area contributed by atoms with Gasteiger partial charge < -0.3 is 15.2 Å². The first-order valence-corrected chi connectivity index (χ1v) is 6.02. The van der Waals surface area contributed by atoms with Gasteiger partial charge in [0.25, 0.3) is 0 Å². The normalized spacial score (nSPS) is 10.5. The molecule has 2 N–H and O–H groups in total. The van der Waals surface area contributed by atoms with E-state index in [-0.39, 0.29) is 25.5 Å². The zero-order valence-electron chi connectivity index (χ0n) is 10.5. The topological polar surface area (TPSA) is 58.6 Å². The second-order valence-electron chi connectivity index (χ2n) is 3.93. The second-order valence-corrected chi connectivity index (χ2v) is 3.93. The van der Waals surface area contributed by atoms with Gasteiger partial charge in [0.05, 0.1) is 19.8 Å². The monoisotopic (exact) mass is 273 g/mol. The van der Waals surface area contributed by atoms with Gasteiger partial charge in [-0.2, -0.15) is 0 Å². The van der Waals surface area contributed by atoms with Gasteiger partial charge >= 0.3 is 0 Å². The number of aliphatic hydroxyl groups is 1. The van der Waals surface area contributed by atoms with E-state index in [2.05, 4.69) is 5.32 Å². The van der Waals surface area contributed by atoms with Gasteiger partial charge in [-0.05, 0) is 24.1 Å². The number of rotatable bonds is 8. The Morgan fingerprint density at radius 3 is 2.74 bits per heavy atom. The fraction of sp³-hybridized carbons (Fsp3) is 0.462. The van der Waals surface area contributed by atoms with Crippen molar-refractivity contribution in [3.8, 4) is 0 Å². The van der Waals surface area contributed by atoms with E-state index < -0.39 is 11.6 Å². The van der Waals surface area contributed by atoms with Crippen molar-refractivity contribution in [1.29, 1.82) is 0 Å². The summed E-state index contributed by atoms with van der Waals surface area (Å²) < 4.78 is 30.6. The van der Waals surface area contributed by atoms with Crippen LogP contribution < -0.4 is 5.32 Å². The molecular formula is C13H17F2NO3. The first-order chi connectivity index (χ1) is 9.13. The molecule has 0 radical (unpaired) electrons. The number of nitrogens with one attached hydrogen (secondary N) is 1. The molecule has 19 heavy (non-hydrogen) atoms. The van der Waals surface area contributed by atoms with Crippen LogP contribution in [-0.2, 0) is 16.0 Å². The SMILES string of the molecule is O=C(CCc1ccc(F)c(F)c1)NCCOCCO. The summed E-state index contributed by atoms with van der Waals surface area (Å²) in [6.07, 6.45) is 0.547. The van der Waals surface area contributed by atoms with Crippen molar-refractivity contribution in [3.63, 3.8) is 0 Å². The van der Waals surface area contributed by atoms with Gasteiger partial charge in [0.1, 0.15) is 0 Å². The molecule has 1 rings (SSSR count). The summed E-state index contributed by atoms with van der Waals surface area (Å²) in [6.45, 7) is 0.878. The van der Waals surface area contributed by atoms with Crippen LogP contribution in [0.15, 0.2) is 18.2 Å². The predicted molar refractivity (Wildman–Crippen MR) is 65.6 cm³/mol. The third-order valence-electron chi connectivity index (χ3n) is 2.43. The maximum Gasteiger partial charge on any atom is 0.220 e. The van der Waals surface area contributed by atoms with E-state index in [0.717, 1.165) is 12.1 Å². The minimum absolute atomic E-state index is 0.0515. The molecule has 1 aromatic rings. The van der Waals surface area contributed by atoms with E-state index in [1.807, 2.05) is 0 Å². The van der Waals surface area contributed by atoms with E-state index in [0.29, 0.717) is 25.1 Å². The summed E-state index contributed by atoms with van der Waals surface area (Å²) in [5.74, 6) is -1.98. The van der Waals surface area contributed by atoms with Crippen LogP contribution in [-0.4, -0.2) is 37.4 Å². The van der Waals surface area contributed by atoms with Crippen LogP contribution in [0.25, 0.3) is 0 Å². The number of carbonyl (C=O) groups excluding carboxylic acids is 1. The van der Waals surface area contributed by atoms with Crippen molar-refractivity contribution in [1.82, 2.24) is 5.32 Å². The van der Waals surface area contributed by atoms with Gasteiger partial charge in [-0.15, -0.1) is 0 Å². The van der Waals surface area contributed by atoms with Gasteiger partial charge in [0.15, 0.2) is 11.6 Å². The molecule has 0 atom stereocenters. The number of benzene rings is 1. The highest BCUT2D eigenvalue weighted by atomic mass is 19.2. The molecule has 1 aromatic carbocycles. The Labute approximate surface area is 110 Å². The Hall–Kier alpha value is -1.53. The largest absolute Gasteiger partial charge is 0.394 e. The van der Waals surface area contributed by atoms with Crippen molar-refractivity contribution >= 4 is 5.91 Å². The molecule has 0 saturated carbocycles. The molecular weight excluding hydrogens is 256 g/mol. The fourth-order valence-electron chi connectivity index (χ4n) is 1.47. The molecule has 0 fully saturated rings. The minimum atomic E-state index is -0.907. The van der Waals surface area contributed by atoms with E-state index in [1.165, 1.54) is 6.07 Å². The van der Waals surface area contributed by atoms with Crippen LogP contribution in [0, 0.1) is 11.6 Å². The molecule has 0 spiro atoms. The average Bonchev–Trinajstić information content (AvgIpc) is 2.40. The fourth-order valence-corrected chi connectivity index (χ4v) is 1.47. The molecule has 0 saturated heterocycles. The summed E-state index contributed by atoms with van der Waals surface area (Å²) in [7, 11) is 0. The molecule has 106 valence electrons. The van der Waals surface area contributed by atoms with Gasteiger partial charge in [-0.1, -0.05) is 6.07 Å². The Morgan fingerprint density at radius 2 is 2.05 bits per heavy atom. The number of amides is 1. The highest BCUT2D eigenvalue weighted by Gasteiger charge is 2.05. The van der Waals surface area contributed by atoms with Crippen LogP contribution >= 0.6 is 0 Å².